The lowest BCUT2D eigenvalue weighted by Crippen LogP contribution is -2.38. The number of rotatable bonds is 6. The molecule has 11 heavy (non-hydrogen) atoms. The summed E-state index contributed by atoms with van der Waals surface area (Å²) in [5, 5.41) is 0. The zero-order chi connectivity index (χ0) is 8.69. The van der Waals surface area contributed by atoms with Gasteiger partial charge in [0.15, 0.2) is 0 Å². The van der Waals surface area contributed by atoms with E-state index in [1.54, 1.807) is 7.11 Å². The molecule has 1 unspecified atom stereocenters. The fourth-order valence-corrected chi connectivity index (χ4v) is 0.860. The van der Waals surface area contributed by atoms with Gasteiger partial charge in [-0.05, 0) is 12.8 Å². The molecule has 66 valence electrons. The molecule has 0 heterocycles. The molecule has 0 bridgehead atoms. The summed E-state index contributed by atoms with van der Waals surface area (Å²) in [6, 6.07) is 0.201. The van der Waals surface area contributed by atoms with Gasteiger partial charge in [0.25, 0.3) is 0 Å². The fourth-order valence-electron chi connectivity index (χ4n) is 0.860. The van der Waals surface area contributed by atoms with Crippen molar-refractivity contribution in [3.63, 3.8) is 0 Å². The summed E-state index contributed by atoms with van der Waals surface area (Å²) in [5.74, 6) is 5.29. The predicted octanol–water partition coefficient (Wildman–Crippen LogP) is 0.821. The molecule has 0 rings (SSSR count). The predicted molar refractivity (Wildman–Crippen MR) is 47.0 cm³/mol. The van der Waals surface area contributed by atoms with Crippen molar-refractivity contribution in [3.05, 3.63) is 12.2 Å². The van der Waals surface area contributed by atoms with E-state index in [2.05, 4.69) is 18.9 Å². The normalized spacial score (nSPS) is 13.0. The highest BCUT2D eigenvalue weighted by atomic mass is 16.5. The van der Waals surface area contributed by atoms with Crippen molar-refractivity contribution >= 4 is 0 Å². The first-order valence-corrected chi connectivity index (χ1v) is 3.86. The van der Waals surface area contributed by atoms with Crippen LogP contribution >= 0.6 is 0 Å². The summed E-state index contributed by atoms with van der Waals surface area (Å²) in [4.78, 5) is 0. The zero-order valence-electron chi connectivity index (χ0n) is 7.39. The average molecular weight is 158 g/mol. The molecular weight excluding hydrogens is 140 g/mol. The van der Waals surface area contributed by atoms with E-state index in [9.17, 15) is 0 Å². The molecule has 0 aromatic carbocycles. The standard InChI is InChI=1S/C8H18N2O/c1-4-7(2)5-8(10-9)6-11-3/h8,10H,2,4-6,9H2,1,3H3. The number of methoxy groups -OCH3 is 1. The Morgan fingerprint density at radius 3 is 2.73 bits per heavy atom. The molecule has 0 aliphatic rings. The lowest BCUT2D eigenvalue weighted by atomic mass is 10.1. The van der Waals surface area contributed by atoms with E-state index < -0.39 is 0 Å². The summed E-state index contributed by atoms with van der Waals surface area (Å²) >= 11 is 0. The minimum Gasteiger partial charge on any atom is -0.383 e. The molecule has 0 spiro atoms. The van der Waals surface area contributed by atoms with Crippen LogP contribution in [0.15, 0.2) is 12.2 Å². The Balaban J connectivity index is 3.58. The average Bonchev–Trinajstić information content (AvgIpc) is 2.03. The van der Waals surface area contributed by atoms with E-state index in [1.165, 1.54) is 5.57 Å². The summed E-state index contributed by atoms with van der Waals surface area (Å²) in [5.41, 5.74) is 3.88. The second kappa shape index (κ2) is 6.34. The molecule has 0 radical (unpaired) electrons. The zero-order valence-corrected chi connectivity index (χ0v) is 7.39. The Morgan fingerprint density at radius 1 is 1.73 bits per heavy atom. The summed E-state index contributed by atoms with van der Waals surface area (Å²) < 4.78 is 4.96. The number of nitrogens with one attached hydrogen (secondary N) is 1. The molecule has 3 heteroatoms. The van der Waals surface area contributed by atoms with Crippen LogP contribution in [-0.2, 0) is 4.74 Å². The van der Waals surface area contributed by atoms with Crippen LogP contribution in [0.1, 0.15) is 19.8 Å². The van der Waals surface area contributed by atoms with E-state index in [0.717, 1.165) is 12.8 Å². The van der Waals surface area contributed by atoms with Gasteiger partial charge >= 0.3 is 0 Å². The van der Waals surface area contributed by atoms with E-state index in [4.69, 9.17) is 10.6 Å². The van der Waals surface area contributed by atoms with E-state index >= 15 is 0 Å². The molecule has 3 N–H and O–H groups in total. The third kappa shape index (κ3) is 4.95. The Bertz CT molecular complexity index is 115. The third-order valence-corrected chi connectivity index (χ3v) is 1.64. The smallest absolute Gasteiger partial charge is 0.0632 e. The van der Waals surface area contributed by atoms with Crippen LogP contribution in [0.5, 0.6) is 0 Å². The molecule has 0 aromatic heterocycles. The maximum atomic E-state index is 5.29. The van der Waals surface area contributed by atoms with Gasteiger partial charge in [-0.25, -0.2) is 0 Å². The van der Waals surface area contributed by atoms with Gasteiger partial charge in [-0.1, -0.05) is 19.1 Å². The van der Waals surface area contributed by atoms with Crippen LogP contribution in [-0.4, -0.2) is 19.8 Å². The van der Waals surface area contributed by atoms with E-state index in [-0.39, 0.29) is 6.04 Å². The minimum atomic E-state index is 0.201. The van der Waals surface area contributed by atoms with E-state index in [0.29, 0.717) is 6.61 Å². The van der Waals surface area contributed by atoms with Crippen molar-refractivity contribution in [1.82, 2.24) is 5.43 Å². The third-order valence-electron chi connectivity index (χ3n) is 1.64. The van der Waals surface area contributed by atoms with Gasteiger partial charge in [-0.2, -0.15) is 0 Å². The van der Waals surface area contributed by atoms with Gasteiger partial charge in [0.2, 0.25) is 0 Å². The molecule has 1 atom stereocenters. The molecule has 0 aliphatic carbocycles. The van der Waals surface area contributed by atoms with Crippen molar-refractivity contribution in [3.8, 4) is 0 Å². The van der Waals surface area contributed by atoms with Crippen molar-refractivity contribution in [2.75, 3.05) is 13.7 Å². The lowest BCUT2D eigenvalue weighted by molar-refractivity contribution is 0.166. The van der Waals surface area contributed by atoms with Gasteiger partial charge in [-0.3, -0.25) is 11.3 Å². The highest BCUT2D eigenvalue weighted by Gasteiger charge is 2.05. The highest BCUT2D eigenvalue weighted by Crippen LogP contribution is 2.06. The Hall–Kier alpha value is -0.380. The van der Waals surface area contributed by atoms with Gasteiger partial charge in [0.05, 0.1) is 6.61 Å². The van der Waals surface area contributed by atoms with E-state index in [1.807, 2.05) is 0 Å². The van der Waals surface area contributed by atoms with Crippen LogP contribution < -0.4 is 11.3 Å². The topological polar surface area (TPSA) is 47.3 Å². The van der Waals surface area contributed by atoms with Gasteiger partial charge in [-0.15, -0.1) is 0 Å². The first kappa shape index (κ1) is 10.6. The largest absolute Gasteiger partial charge is 0.383 e. The second-order valence-electron chi connectivity index (χ2n) is 2.63. The fraction of sp³-hybridized carbons (Fsp3) is 0.750. The second-order valence-corrected chi connectivity index (χ2v) is 2.63. The molecule has 3 nitrogen and oxygen atoms in total. The first-order chi connectivity index (χ1) is 5.24. The van der Waals surface area contributed by atoms with Gasteiger partial charge in [0, 0.05) is 13.2 Å². The summed E-state index contributed by atoms with van der Waals surface area (Å²) in [7, 11) is 1.67. The highest BCUT2D eigenvalue weighted by molar-refractivity contribution is 4.95. The molecular formula is C8H18N2O. The van der Waals surface area contributed by atoms with Gasteiger partial charge < -0.3 is 4.74 Å². The molecule has 0 aliphatic heterocycles. The van der Waals surface area contributed by atoms with Crippen LogP contribution in [0.3, 0.4) is 0 Å². The molecule has 0 aromatic rings. The van der Waals surface area contributed by atoms with Crippen molar-refractivity contribution in [2.24, 2.45) is 5.84 Å². The number of ether oxygens (including phenoxy) is 1. The monoisotopic (exact) mass is 158 g/mol. The number of hydrogen-bond acceptors (Lipinski definition) is 3. The molecule has 0 amide bonds. The van der Waals surface area contributed by atoms with Crippen LogP contribution in [0.25, 0.3) is 0 Å². The number of hydrazine groups is 1. The molecule has 0 saturated carbocycles. The van der Waals surface area contributed by atoms with Crippen molar-refractivity contribution in [2.45, 2.75) is 25.8 Å². The SMILES string of the molecule is C=C(CC)CC(COC)NN. The van der Waals surface area contributed by atoms with Crippen molar-refractivity contribution in [1.29, 1.82) is 0 Å². The first-order valence-electron chi connectivity index (χ1n) is 3.86. The summed E-state index contributed by atoms with van der Waals surface area (Å²) in [6.07, 6.45) is 1.89. The maximum absolute atomic E-state index is 5.29. The molecule has 0 saturated heterocycles. The number of hydrogen-bond donors (Lipinski definition) is 2. The Morgan fingerprint density at radius 2 is 2.36 bits per heavy atom. The van der Waals surface area contributed by atoms with Crippen molar-refractivity contribution < 1.29 is 4.74 Å². The Kier molecular flexibility index (Phi) is 6.12. The lowest BCUT2D eigenvalue weighted by Gasteiger charge is -2.14. The Labute approximate surface area is 68.6 Å². The minimum absolute atomic E-state index is 0.201. The van der Waals surface area contributed by atoms with Crippen LogP contribution in [0, 0.1) is 0 Å². The van der Waals surface area contributed by atoms with Gasteiger partial charge in [0.1, 0.15) is 0 Å². The number of nitrogens with two attached hydrogens (primary N) is 1. The maximum Gasteiger partial charge on any atom is 0.0632 e. The van der Waals surface area contributed by atoms with Crippen LogP contribution in [0.2, 0.25) is 0 Å². The quantitative estimate of drug-likeness (QED) is 0.342. The van der Waals surface area contributed by atoms with Crippen LogP contribution in [0.4, 0.5) is 0 Å². The molecule has 0 fully saturated rings. The summed E-state index contributed by atoms with van der Waals surface area (Å²) in [6.45, 7) is 6.61.